The van der Waals surface area contributed by atoms with Crippen molar-refractivity contribution in [2.24, 2.45) is 0 Å². The summed E-state index contributed by atoms with van der Waals surface area (Å²) in [6.45, 7) is 7.37. The SMILES string of the molecule is CC[SiH](CC)[C@@]1(C)CCc2ccc(Br)cc2C1. The van der Waals surface area contributed by atoms with Crippen molar-refractivity contribution in [3.8, 4) is 0 Å². The summed E-state index contributed by atoms with van der Waals surface area (Å²) in [5.74, 6) is 0. The van der Waals surface area contributed by atoms with E-state index >= 15 is 0 Å². The lowest BCUT2D eigenvalue weighted by Gasteiger charge is -2.40. The summed E-state index contributed by atoms with van der Waals surface area (Å²) < 4.78 is 1.24. The Morgan fingerprint density at radius 1 is 1.24 bits per heavy atom. The number of benzene rings is 1. The first-order valence-corrected chi connectivity index (χ1v) is 9.86. The van der Waals surface area contributed by atoms with Crippen molar-refractivity contribution in [1.82, 2.24) is 0 Å². The Morgan fingerprint density at radius 2 is 1.94 bits per heavy atom. The molecule has 0 aromatic heterocycles. The van der Waals surface area contributed by atoms with Gasteiger partial charge in [0.1, 0.15) is 0 Å². The average Bonchev–Trinajstić information content (AvgIpc) is 2.29. The standard InChI is InChI=1S/C15H23BrSi/c1-4-17(5-2)15(3)9-8-12-6-7-14(16)10-13(12)11-15/h6-7,10,17H,4-5,8-9,11H2,1-3H3/t15-/m0/s1. The third kappa shape index (κ3) is 2.68. The summed E-state index contributed by atoms with van der Waals surface area (Å²) >= 11 is 3.61. The maximum absolute atomic E-state index is 3.61. The van der Waals surface area contributed by atoms with Gasteiger partial charge in [0, 0.05) is 13.3 Å². The molecule has 1 aromatic carbocycles. The molecule has 1 atom stereocenters. The Bertz CT molecular complexity index is 398. The van der Waals surface area contributed by atoms with E-state index in [0.717, 1.165) is 0 Å². The molecule has 0 N–H and O–H groups in total. The van der Waals surface area contributed by atoms with Crippen molar-refractivity contribution < 1.29 is 0 Å². The van der Waals surface area contributed by atoms with Crippen LogP contribution in [0.1, 0.15) is 38.3 Å². The third-order valence-corrected chi connectivity index (χ3v) is 9.63. The van der Waals surface area contributed by atoms with Crippen molar-refractivity contribution in [3.63, 3.8) is 0 Å². The van der Waals surface area contributed by atoms with E-state index in [4.69, 9.17) is 0 Å². The Labute approximate surface area is 116 Å². The molecule has 0 nitrogen and oxygen atoms in total. The molecular weight excluding hydrogens is 288 g/mol. The van der Waals surface area contributed by atoms with Crippen molar-refractivity contribution in [2.75, 3.05) is 0 Å². The van der Waals surface area contributed by atoms with Crippen molar-refractivity contribution >= 4 is 24.7 Å². The van der Waals surface area contributed by atoms with E-state index in [-0.39, 0.29) is 0 Å². The first-order chi connectivity index (χ1) is 8.09. The molecule has 0 bridgehead atoms. The minimum Gasteiger partial charge on any atom is -0.0680 e. The number of rotatable bonds is 3. The van der Waals surface area contributed by atoms with Gasteiger partial charge in [-0.2, -0.15) is 0 Å². The van der Waals surface area contributed by atoms with E-state index < -0.39 is 8.80 Å². The normalized spacial score (nSPS) is 23.8. The zero-order chi connectivity index (χ0) is 12.5. The lowest BCUT2D eigenvalue weighted by atomic mass is 9.84. The fourth-order valence-corrected chi connectivity index (χ4v) is 7.59. The highest BCUT2D eigenvalue weighted by Gasteiger charge is 2.36. The molecule has 1 aromatic rings. The van der Waals surface area contributed by atoms with Crippen LogP contribution in [-0.4, -0.2) is 8.80 Å². The summed E-state index contributed by atoms with van der Waals surface area (Å²) in [7, 11) is -0.578. The first-order valence-electron chi connectivity index (χ1n) is 6.86. The van der Waals surface area contributed by atoms with Gasteiger partial charge in [-0.05, 0) is 47.6 Å². The second-order valence-corrected chi connectivity index (χ2v) is 11.1. The zero-order valence-electron chi connectivity index (χ0n) is 11.2. The van der Waals surface area contributed by atoms with Gasteiger partial charge in [0.05, 0.1) is 0 Å². The first kappa shape index (κ1) is 13.4. The predicted molar refractivity (Wildman–Crippen MR) is 82.6 cm³/mol. The molecule has 1 aliphatic carbocycles. The van der Waals surface area contributed by atoms with Crippen molar-refractivity contribution in [1.29, 1.82) is 0 Å². The Balaban J connectivity index is 2.27. The van der Waals surface area contributed by atoms with E-state index in [9.17, 15) is 0 Å². The topological polar surface area (TPSA) is 0 Å². The maximum atomic E-state index is 3.61. The fraction of sp³-hybridized carbons (Fsp3) is 0.600. The molecule has 1 aliphatic rings. The molecule has 94 valence electrons. The van der Waals surface area contributed by atoms with Gasteiger partial charge in [-0.1, -0.05) is 54.9 Å². The highest BCUT2D eigenvalue weighted by molar-refractivity contribution is 9.10. The summed E-state index contributed by atoms with van der Waals surface area (Å²) in [5.41, 5.74) is 3.19. The second-order valence-electron chi connectivity index (χ2n) is 5.76. The summed E-state index contributed by atoms with van der Waals surface area (Å²) in [4.78, 5) is 0. The number of halogens is 1. The van der Waals surface area contributed by atoms with Crippen LogP contribution >= 0.6 is 15.9 Å². The summed E-state index contributed by atoms with van der Waals surface area (Å²) in [5, 5.41) is 0.650. The van der Waals surface area contributed by atoms with Crippen LogP contribution in [0.3, 0.4) is 0 Å². The average molecular weight is 311 g/mol. The van der Waals surface area contributed by atoms with Crippen molar-refractivity contribution in [2.45, 2.75) is 57.2 Å². The third-order valence-electron chi connectivity index (χ3n) is 4.70. The summed E-state index contributed by atoms with van der Waals surface area (Å²) in [6.07, 6.45) is 4.03. The highest BCUT2D eigenvalue weighted by atomic mass is 79.9. The molecule has 0 spiro atoms. The van der Waals surface area contributed by atoms with Crippen LogP contribution in [0.2, 0.25) is 17.1 Å². The van der Waals surface area contributed by atoms with E-state index in [1.165, 1.54) is 35.8 Å². The predicted octanol–water partition coefficient (Wildman–Crippen LogP) is 4.97. The van der Waals surface area contributed by atoms with Crippen LogP contribution in [0.4, 0.5) is 0 Å². The minimum absolute atomic E-state index is 0.578. The van der Waals surface area contributed by atoms with Crippen LogP contribution < -0.4 is 0 Å². The Kier molecular flexibility index (Phi) is 4.14. The quantitative estimate of drug-likeness (QED) is 0.692. The Hall–Kier alpha value is -0.0831. The van der Waals surface area contributed by atoms with Gasteiger partial charge in [-0.3, -0.25) is 0 Å². The lowest BCUT2D eigenvalue weighted by molar-refractivity contribution is 0.506. The van der Waals surface area contributed by atoms with Gasteiger partial charge in [0.25, 0.3) is 0 Å². The molecule has 0 radical (unpaired) electrons. The second kappa shape index (κ2) is 5.27. The number of aryl methyl sites for hydroxylation is 1. The van der Waals surface area contributed by atoms with E-state index in [1.807, 2.05) is 0 Å². The van der Waals surface area contributed by atoms with Crippen molar-refractivity contribution in [3.05, 3.63) is 33.8 Å². The van der Waals surface area contributed by atoms with Crippen LogP contribution in [0.5, 0.6) is 0 Å². The molecule has 0 saturated heterocycles. The molecule has 0 saturated carbocycles. The number of fused-ring (bicyclic) bond motifs is 1. The number of hydrogen-bond donors (Lipinski definition) is 0. The molecule has 2 heteroatoms. The number of hydrogen-bond acceptors (Lipinski definition) is 0. The molecule has 17 heavy (non-hydrogen) atoms. The molecule has 0 amide bonds. The molecule has 0 fully saturated rings. The molecular formula is C15H23BrSi. The van der Waals surface area contributed by atoms with E-state index in [2.05, 4.69) is 54.9 Å². The van der Waals surface area contributed by atoms with Gasteiger partial charge >= 0.3 is 0 Å². The van der Waals surface area contributed by atoms with Gasteiger partial charge in [0.2, 0.25) is 0 Å². The Morgan fingerprint density at radius 3 is 2.59 bits per heavy atom. The van der Waals surface area contributed by atoms with Gasteiger partial charge in [-0.15, -0.1) is 0 Å². The monoisotopic (exact) mass is 310 g/mol. The molecule has 0 heterocycles. The van der Waals surface area contributed by atoms with Crippen LogP contribution in [-0.2, 0) is 12.8 Å². The minimum atomic E-state index is -0.578. The zero-order valence-corrected chi connectivity index (χ0v) is 14.0. The highest BCUT2D eigenvalue weighted by Crippen LogP contribution is 2.46. The van der Waals surface area contributed by atoms with Gasteiger partial charge < -0.3 is 0 Å². The smallest absolute Gasteiger partial charge is 0.0428 e. The van der Waals surface area contributed by atoms with Crippen LogP contribution in [0.25, 0.3) is 0 Å². The van der Waals surface area contributed by atoms with E-state index in [1.54, 1.807) is 11.1 Å². The largest absolute Gasteiger partial charge is 0.0680 e. The van der Waals surface area contributed by atoms with Gasteiger partial charge in [0.15, 0.2) is 0 Å². The molecule has 0 aliphatic heterocycles. The van der Waals surface area contributed by atoms with Crippen LogP contribution in [0.15, 0.2) is 22.7 Å². The maximum Gasteiger partial charge on any atom is 0.0428 e. The molecule has 0 unspecified atom stereocenters. The van der Waals surface area contributed by atoms with E-state index in [0.29, 0.717) is 5.04 Å². The fourth-order valence-electron chi connectivity index (χ4n) is 3.57. The van der Waals surface area contributed by atoms with Gasteiger partial charge in [-0.25, -0.2) is 0 Å². The molecule has 2 rings (SSSR count). The lowest BCUT2D eigenvalue weighted by Crippen LogP contribution is -2.34. The van der Waals surface area contributed by atoms with Crippen LogP contribution in [0, 0.1) is 0 Å². The summed E-state index contributed by atoms with van der Waals surface area (Å²) in [6, 6.07) is 9.76.